The molecule has 9 heteroatoms. The molecule has 1 aromatic heterocycles. The van der Waals surface area contributed by atoms with Gasteiger partial charge in [-0.05, 0) is 13.0 Å². The van der Waals surface area contributed by atoms with Crippen molar-refractivity contribution < 1.29 is 17.9 Å². The van der Waals surface area contributed by atoms with Gasteiger partial charge in [0.2, 0.25) is 15.9 Å². The largest absolute Gasteiger partial charge is 0.379 e. The lowest BCUT2D eigenvalue weighted by Gasteiger charge is -2.21. The summed E-state index contributed by atoms with van der Waals surface area (Å²) in [6, 6.07) is 1.61. The Balaban J connectivity index is 1.86. The standard InChI is InChI=1S/C14H24N4O4S/c1-11-4-6-15-18(11)7-5-14(19)16-13-9-22-8-12(13)10-23(20,21)17(2)3/h4,6,12-13H,5,7-10H2,1-3H3,(H,16,19)/t12-,13-/m0/s1. The molecule has 2 rings (SSSR count). The molecule has 0 bridgehead atoms. The van der Waals surface area contributed by atoms with Gasteiger partial charge < -0.3 is 10.1 Å². The van der Waals surface area contributed by atoms with E-state index in [4.69, 9.17) is 4.74 Å². The fraction of sp³-hybridized carbons (Fsp3) is 0.714. The monoisotopic (exact) mass is 344 g/mol. The summed E-state index contributed by atoms with van der Waals surface area (Å²) in [6.45, 7) is 3.12. The highest BCUT2D eigenvalue weighted by molar-refractivity contribution is 7.89. The summed E-state index contributed by atoms with van der Waals surface area (Å²) < 4.78 is 32.3. The topological polar surface area (TPSA) is 93.5 Å². The Kier molecular flexibility index (Phi) is 5.77. The quantitative estimate of drug-likeness (QED) is 0.727. The van der Waals surface area contributed by atoms with Gasteiger partial charge in [-0.25, -0.2) is 12.7 Å². The summed E-state index contributed by atoms with van der Waals surface area (Å²) in [5.74, 6) is -0.371. The van der Waals surface area contributed by atoms with E-state index in [0.717, 1.165) is 5.69 Å². The number of sulfonamides is 1. The van der Waals surface area contributed by atoms with Gasteiger partial charge in [0.25, 0.3) is 0 Å². The van der Waals surface area contributed by atoms with Crippen molar-refractivity contribution in [2.75, 3.05) is 33.1 Å². The van der Waals surface area contributed by atoms with Crippen LogP contribution in [0, 0.1) is 12.8 Å². The second kappa shape index (κ2) is 7.41. The van der Waals surface area contributed by atoms with Gasteiger partial charge in [-0.3, -0.25) is 9.48 Å². The highest BCUT2D eigenvalue weighted by Gasteiger charge is 2.34. The van der Waals surface area contributed by atoms with Gasteiger partial charge in [-0.15, -0.1) is 0 Å². The van der Waals surface area contributed by atoms with Crippen LogP contribution in [0.5, 0.6) is 0 Å². The van der Waals surface area contributed by atoms with Gasteiger partial charge in [0.05, 0.1) is 25.0 Å². The number of rotatable bonds is 7. The maximum atomic E-state index is 12.1. The molecular formula is C14H24N4O4S. The average molecular weight is 344 g/mol. The van der Waals surface area contributed by atoms with E-state index < -0.39 is 10.0 Å². The summed E-state index contributed by atoms with van der Waals surface area (Å²) in [7, 11) is -0.306. The predicted octanol–water partition coefficient (Wildman–Crippen LogP) is -0.396. The second-order valence-corrected chi connectivity index (χ2v) is 8.21. The SMILES string of the molecule is Cc1ccnn1CCC(=O)N[C@H]1COC[C@H]1CS(=O)(=O)N(C)C. The first-order chi connectivity index (χ1) is 10.8. The van der Waals surface area contributed by atoms with Gasteiger partial charge in [0.15, 0.2) is 0 Å². The lowest BCUT2D eigenvalue weighted by atomic mass is 10.1. The van der Waals surface area contributed by atoms with Gasteiger partial charge in [-0.1, -0.05) is 0 Å². The van der Waals surface area contributed by atoms with E-state index in [0.29, 0.717) is 26.2 Å². The Labute approximate surface area is 136 Å². The molecule has 0 radical (unpaired) electrons. The second-order valence-electron chi connectivity index (χ2n) is 5.98. The zero-order chi connectivity index (χ0) is 17.0. The Morgan fingerprint density at radius 2 is 2.22 bits per heavy atom. The molecule has 2 atom stereocenters. The van der Waals surface area contributed by atoms with Crippen molar-refractivity contribution in [3.8, 4) is 0 Å². The van der Waals surface area contributed by atoms with Crippen molar-refractivity contribution in [3.05, 3.63) is 18.0 Å². The zero-order valence-corrected chi connectivity index (χ0v) is 14.5. The van der Waals surface area contributed by atoms with Gasteiger partial charge in [-0.2, -0.15) is 5.10 Å². The molecule has 23 heavy (non-hydrogen) atoms. The summed E-state index contributed by atoms with van der Waals surface area (Å²) in [5, 5.41) is 7.01. The van der Waals surface area contributed by atoms with Crippen LogP contribution in [0.25, 0.3) is 0 Å². The van der Waals surface area contributed by atoms with Gasteiger partial charge in [0.1, 0.15) is 0 Å². The first kappa shape index (κ1) is 17.9. The average Bonchev–Trinajstić information content (AvgIpc) is 3.06. The molecule has 1 saturated heterocycles. The van der Waals surface area contributed by atoms with Crippen LogP contribution >= 0.6 is 0 Å². The summed E-state index contributed by atoms with van der Waals surface area (Å²) in [5.41, 5.74) is 0.997. The lowest BCUT2D eigenvalue weighted by Crippen LogP contribution is -2.43. The van der Waals surface area contributed by atoms with Crippen molar-refractivity contribution >= 4 is 15.9 Å². The Morgan fingerprint density at radius 3 is 2.83 bits per heavy atom. The number of amides is 1. The van der Waals surface area contributed by atoms with E-state index in [1.165, 1.54) is 18.4 Å². The third kappa shape index (κ3) is 4.76. The molecule has 130 valence electrons. The Morgan fingerprint density at radius 1 is 1.48 bits per heavy atom. The van der Waals surface area contributed by atoms with E-state index in [-0.39, 0.29) is 23.6 Å². The number of hydrogen-bond donors (Lipinski definition) is 1. The Bertz CT molecular complexity index is 641. The van der Waals surface area contributed by atoms with Crippen molar-refractivity contribution in [2.24, 2.45) is 5.92 Å². The summed E-state index contributed by atoms with van der Waals surface area (Å²) in [4.78, 5) is 12.1. The normalized spacial score (nSPS) is 21.7. The van der Waals surface area contributed by atoms with Crippen LogP contribution in [-0.2, 0) is 26.1 Å². The minimum atomic E-state index is -3.32. The Hall–Kier alpha value is -1.45. The molecule has 0 aromatic carbocycles. The predicted molar refractivity (Wildman–Crippen MR) is 85.3 cm³/mol. The number of carbonyl (C=O) groups is 1. The molecule has 8 nitrogen and oxygen atoms in total. The maximum Gasteiger partial charge on any atom is 0.222 e. The van der Waals surface area contributed by atoms with Crippen LogP contribution < -0.4 is 5.32 Å². The summed E-state index contributed by atoms with van der Waals surface area (Å²) >= 11 is 0. The third-order valence-electron chi connectivity index (χ3n) is 4.01. The van der Waals surface area contributed by atoms with Crippen LogP contribution in [0.2, 0.25) is 0 Å². The molecule has 0 aliphatic carbocycles. The minimum Gasteiger partial charge on any atom is -0.379 e. The third-order valence-corrected chi connectivity index (χ3v) is 5.97. The van der Waals surface area contributed by atoms with E-state index in [1.807, 2.05) is 13.0 Å². The molecule has 1 fully saturated rings. The van der Waals surface area contributed by atoms with Crippen molar-refractivity contribution in [1.29, 1.82) is 0 Å². The molecule has 1 aromatic rings. The highest BCUT2D eigenvalue weighted by atomic mass is 32.2. The smallest absolute Gasteiger partial charge is 0.222 e. The van der Waals surface area contributed by atoms with E-state index in [2.05, 4.69) is 10.4 Å². The number of carbonyl (C=O) groups excluding carboxylic acids is 1. The minimum absolute atomic E-state index is 0.0246. The maximum absolute atomic E-state index is 12.1. The lowest BCUT2D eigenvalue weighted by molar-refractivity contribution is -0.122. The van der Waals surface area contributed by atoms with E-state index >= 15 is 0 Å². The number of nitrogens with zero attached hydrogens (tertiary/aromatic N) is 3. The number of aryl methyl sites for hydroxylation is 2. The summed E-state index contributed by atoms with van der Waals surface area (Å²) in [6.07, 6.45) is 1.99. The number of nitrogens with one attached hydrogen (secondary N) is 1. The zero-order valence-electron chi connectivity index (χ0n) is 13.7. The van der Waals surface area contributed by atoms with Crippen molar-refractivity contribution in [2.45, 2.75) is 25.9 Å². The van der Waals surface area contributed by atoms with Crippen LogP contribution in [-0.4, -0.2) is 67.5 Å². The van der Waals surface area contributed by atoms with E-state index in [9.17, 15) is 13.2 Å². The first-order valence-electron chi connectivity index (χ1n) is 7.55. The van der Waals surface area contributed by atoms with Crippen LogP contribution in [0.4, 0.5) is 0 Å². The van der Waals surface area contributed by atoms with Crippen molar-refractivity contribution in [1.82, 2.24) is 19.4 Å². The molecule has 0 spiro atoms. The van der Waals surface area contributed by atoms with Crippen LogP contribution in [0.1, 0.15) is 12.1 Å². The molecule has 1 aliphatic heterocycles. The van der Waals surface area contributed by atoms with Gasteiger partial charge in [0, 0.05) is 44.9 Å². The van der Waals surface area contributed by atoms with Crippen molar-refractivity contribution in [3.63, 3.8) is 0 Å². The number of ether oxygens (including phenoxy) is 1. The van der Waals surface area contributed by atoms with Gasteiger partial charge >= 0.3 is 0 Å². The fourth-order valence-corrected chi connectivity index (χ4v) is 3.63. The molecule has 1 aliphatic rings. The molecular weight excluding hydrogens is 320 g/mol. The number of aromatic nitrogens is 2. The molecule has 2 heterocycles. The molecule has 0 saturated carbocycles. The molecule has 0 unspecified atom stereocenters. The first-order valence-corrected chi connectivity index (χ1v) is 9.16. The highest BCUT2D eigenvalue weighted by Crippen LogP contribution is 2.17. The van der Waals surface area contributed by atoms with E-state index in [1.54, 1.807) is 10.9 Å². The molecule has 1 amide bonds. The fourth-order valence-electron chi connectivity index (χ4n) is 2.46. The number of hydrogen-bond acceptors (Lipinski definition) is 5. The molecule has 1 N–H and O–H groups in total. The van der Waals surface area contributed by atoms with Crippen LogP contribution in [0.3, 0.4) is 0 Å². The van der Waals surface area contributed by atoms with Crippen LogP contribution in [0.15, 0.2) is 12.3 Å².